The average molecular weight is 207 g/mol. The lowest BCUT2D eigenvalue weighted by Gasteiger charge is -2.22. The fraction of sp³-hybridized carbons (Fsp3) is 0.500. The summed E-state index contributed by atoms with van der Waals surface area (Å²) in [6.45, 7) is 0.157. The van der Waals surface area contributed by atoms with E-state index >= 15 is 0 Å². The van der Waals surface area contributed by atoms with Crippen molar-refractivity contribution < 1.29 is 10.2 Å². The molecule has 82 valence electrons. The zero-order chi connectivity index (χ0) is 10.8. The van der Waals surface area contributed by atoms with Crippen molar-refractivity contribution in [3.63, 3.8) is 0 Å². The molecule has 0 aromatic heterocycles. The molecule has 0 saturated carbocycles. The molecule has 1 aromatic carbocycles. The molecule has 2 rings (SSSR count). The number of aromatic hydroxyl groups is 1. The van der Waals surface area contributed by atoms with Gasteiger partial charge in [-0.2, -0.15) is 0 Å². The van der Waals surface area contributed by atoms with Gasteiger partial charge in [-0.1, -0.05) is 6.07 Å². The van der Waals surface area contributed by atoms with Gasteiger partial charge in [0.1, 0.15) is 5.75 Å². The van der Waals surface area contributed by atoms with E-state index < -0.39 is 6.10 Å². The van der Waals surface area contributed by atoms with E-state index in [2.05, 4.69) is 0 Å². The number of fused-ring (bicyclic) bond motifs is 1. The van der Waals surface area contributed by atoms with Crippen LogP contribution < -0.4 is 5.73 Å². The molecule has 4 N–H and O–H groups in total. The quantitative estimate of drug-likeness (QED) is 0.684. The van der Waals surface area contributed by atoms with Crippen molar-refractivity contribution in [1.82, 2.24) is 0 Å². The lowest BCUT2D eigenvalue weighted by Crippen LogP contribution is -2.16. The monoisotopic (exact) mass is 207 g/mol. The van der Waals surface area contributed by atoms with Crippen molar-refractivity contribution in [3.05, 3.63) is 28.8 Å². The molecule has 1 aliphatic carbocycles. The van der Waals surface area contributed by atoms with E-state index in [0.717, 1.165) is 24.8 Å². The van der Waals surface area contributed by atoms with Gasteiger partial charge in [-0.05, 0) is 42.9 Å². The maximum atomic E-state index is 9.78. The first-order chi connectivity index (χ1) is 7.24. The number of aryl methyl sites for hydroxylation is 1. The summed E-state index contributed by atoms with van der Waals surface area (Å²) in [7, 11) is 0. The summed E-state index contributed by atoms with van der Waals surface area (Å²) < 4.78 is 0. The van der Waals surface area contributed by atoms with E-state index in [9.17, 15) is 10.2 Å². The van der Waals surface area contributed by atoms with Crippen molar-refractivity contribution in [2.45, 2.75) is 31.8 Å². The highest BCUT2D eigenvalue weighted by molar-refractivity contribution is 5.47. The second-order valence-corrected chi connectivity index (χ2v) is 4.09. The molecule has 0 bridgehead atoms. The largest absolute Gasteiger partial charge is 0.508 e. The van der Waals surface area contributed by atoms with Crippen LogP contribution in [-0.4, -0.2) is 16.8 Å². The Hall–Kier alpha value is -1.06. The van der Waals surface area contributed by atoms with Gasteiger partial charge in [-0.15, -0.1) is 0 Å². The van der Waals surface area contributed by atoms with E-state index in [1.165, 1.54) is 12.0 Å². The molecule has 15 heavy (non-hydrogen) atoms. The maximum absolute atomic E-state index is 9.78. The second-order valence-electron chi connectivity index (χ2n) is 4.09. The Bertz CT molecular complexity index is 363. The van der Waals surface area contributed by atoms with Crippen LogP contribution in [0.2, 0.25) is 0 Å². The van der Waals surface area contributed by atoms with Crippen LogP contribution in [0.4, 0.5) is 0 Å². The van der Waals surface area contributed by atoms with Gasteiger partial charge in [0.25, 0.3) is 0 Å². The number of phenols is 1. The molecule has 0 heterocycles. The fourth-order valence-corrected chi connectivity index (χ4v) is 2.33. The van der Waals surface area contributed by atoms with Crippen LogP contribution in [0, 0.1) is 0 Å². The molecule has 0 radical (unpaired) electrons. The zero-order valence-electron chi connectivity index (χ0n) is 8.74. The number of aliphatic hydroxyl groups excluding tert-OH is 1. The molecular formula is C12H17NO2. The van der Waals surface area contributed by atoms with Crippen molar-refractivity contribution in [1.29, 1.82) is 0 Å². The molecule has 1 aliphatic rings. The number of aliphatic hydroxyl groups is 1. The number of rotatable bonds is 2. The summed E-state index contributed by atoms with van der Waals surface area (Å²) in [6, 6.07) is 3.62. The van der Waals surface area contributed by atoms with Gasteiger partial charge >= 0.3 is 0 Å². The predicted molar refractivity (Wildman–Crippen MR) is 58.8 cm³/mol. The fourth-order valence-electron chi connectivity index (χ4n) is 2.33. The minimum Gasteiger partial charge on any atom is -0.508 e. The third kappa shape index (κ3) is 1.85. The molecule has 1 atom stereocenters. The van der Waals surface area contributed by atoms with Crippen molar-refractivity contribution in [2.24, 2.45) is 5.73 Å². The Morgan fingerprint density at radius 2 is 2.00 bits per heavy atom. The molecular weight excluding hydrogens is 190 g/mol. The minimum atomic E-state index is -0.738. The van der Waals surface area contributed by atoms with Gasteiger partial charge in [-0.3, -0.25) is 0 Å². The molecule has 0 saturated heterocycles. The number of hydrogen-bond donors (Lipinski definition) is 3. The number of nitrogens with two attached hydrogens (primary N) is 1. The summed E-state index contributed by atoms with van der Waals surface area (Å²) in [5.41, 5.74) is 8.45. The van der Waals surface area contributed by atoms with Crippen LogP contribution >= 0.6 is 0 Å². The van der Waals surface area contributed by atoms with Crippen LogP contribution in [0.15, 0.2) is 12.1 Å². The van der Waals surface area contributed by atoms with E-state index in [-0.39, 0.29) is 12.3 Å². The summed E-state index contributed by atoms with van der Waals surface area (Å²) in [4.78, 5) is 0. The molecule has 3 nitrogen and oxygen atoms in total. The van der Waals surface area contributed by atoms with Crippen molar-refractivity contribution >= 4 is 0 Å². The van der Waals surface area contributed by atoms with Crippen molar-refractivity contribution in [2.75, 3.05) is 6.54 Å². The Labute approximate surface area is 89.5 Å². The maximum Gasteiger partial charge on any atom is 0.121 e. The van der Waals surface area contributed by atoms with E-state index in [1.807, 2.05) is 6.07 Å². The topological polar surface area (TPSA) is 66.5 Å². The zero-order valence-corrected chi connectivity index (χ0v) is 8.74. The van der Waals surface area contributed by atoms with Crippen LogP contribution in [0.1, 0.15) is 35.6 Å². The summed E-state index contributed by atoms with van der Waals surface area (Å²) >= 11 is 0. The summed E-state index contributed by atoms with van der Waals surface area (Å²) in [5.74, 6) is 0.175. The van der Waals surface area contributed by atoms with Crippen LogP contribution in [0.5, 0.6) is 5.75 Å². The number of hydrogen-bond acceptors (Lipinski definition) is 3. The average Bonchev–Trinajstić information content (AvgIpc) is 2.28. The van der Waals surface area contributed by atoms with Crippen LogP contribution in [-0.2, 0) is 12.8 Å². The van der Waals surface area contributed by atoms with Crippen molar-refractivity contribution in [3.8, 4) is 5.75 Å². The highest BCUT2D eigenvalue weighted by Gasteiger charge is 2.20. The Balaban J connectivity index is 2.50. The molecule has 0 amide bonds. The van der Waals surface area contributed by atoms with E-state index in [4.69, 9.17) is 5.73 Å². The van der Waals surface area contributed by atoms with Crippen LogP contribution in [0.25, 0.3) is 0 Å². The molecule has 0 aliphatic heterocycles. The SMILES string of the molecule is NCC(O)c1c(O)ccc2c1CCCC2. The lowest BCUT2D eigenvalue weighted by molar-refractivity contribution is 0.181. The van der Waals surface area contributed by atoms with Gasteiger partial charge in [0, 0.05) is 12.1 Å². The molecule has 1 unspecified atom stereocenters. The number of benzene rings is 1. The van der Waals surface area contributed by atoms with Gasteiger partial charge in [0.15, 0.2) is 0 Å². The summed E-state index contributed by atoms with van der Waals surface area (Å²) in [5, 5.41) is 19.5. The first kappa shape index (κ1) is 10.5. The van der Waals surface area contributed by atoms with Gasteiger partial charge in [-0.25, -0.2) is 0 Å². The minimum absolute atomic E-state index is 0.157. The van der Waals surface area contributed by atoms with Gasteiger partial charge < -0.3 is 15.9 Å². The van der Waals surface area contributed by atoms with Gasteiger partial charge in [0.05, 0.1) is 6.10 Å². The molecule has 0 spiro atoms. The third-order valence-electron chi connectivity index (χ3n) is 3.11. The molecule has 0 fully saturated rings. The Morgan fingerprint density at radius 1 is 1.27 bits per heavy atom. The molecule has 3 heteroatoms. The standard InChI is InChI=1S/C12H17NO2/c13-7-11(15)12-9-4-2-1-3-8(9)5-6-10(12)14/h5-6,11,14-15H,1-4,7,13H2. The third-order valence-corrected chi connectivity index (χ3v) is 3.11. The first-order valence-electron chi connectivity index (χ1n) is 5.45. The summed E-state index contributed by atoms with van der Waals surface area (Å²) in [6.07, 6.45) is 3.56. The highest BCUT2D eigenvalue weighted by atomic mass is 16.3. The normalized spacial score (nSPS) is 17.2. The Morgan fingerprint density at radius 3 is 2.73 bits per heavy atom. The lowest BCUT2D eigenvalue weighted by atomic mass is 9.86. The van der Waals surface area contributed by atoms with E-state index in [1.54, 1.807) is 6.07 Å². The number of phenolic OH excluding ortho intramolecular Hbond substituents is 1. The highest BCUT2D eigenvalue weighted by Crippen LogP contribution is 2.34. The van der Waals surface area contributed by atoms with Crippen LogP contribution in [0.3, 0.4) is 0 Å². The smallest absolute Gasteiger partial charge is 0.121 e. The second kappa shape index (κ2) is 4.21. The molecule has 1 aromatic rings. The van der Waals surface area contributed by atoms with E-state index in [0.29, 0.717) is 5.56 Å². The first-order valence-corrected chi connectivity index (χ1v) is 5.45. The van der Waals surface area contributed by atoms with Gasteiger partial charge in [0.2, 0.25) is 0 Å². The Kier molecular flexibility index (Phi) is 2.93. The predicted octanol–water partition coefficient (Wildman–Crippen LogP) is 1.26.